The van der Waals surface area contributed by atoms with Crippen LogP contribution in [0.25, 0.3) is 0 Å². The van der Waals surface area contributed by atoms with Crippen LogP contribution in [0.5, 0.6) is 5.75 Å². The van der Waals surface area contributed by atoms with Crippen LogP contribution in [0.3, 0.4) is 0 Å². The molecule has 16 heavy (non-hydrogen) atoms. The lowest BCUT2D eigenvalue weighted by molar-refractivity contribution is 0.304. The molecular weight excluding hydrogens is 202 g/mol. The molecule has 1 aromatic rings. The van der Waals surface area contributed by atoms with Gasteiger partial charge in [-0.15, -0.1) is 0 Å². The summed E-state index contributed by atoms with van der Waals surface area (Å²) in [6.07, 6.45) is 4.78. The average Bonchev–Trinajstić information content (AvgIpc) is 2.56. The minimum Gasteiger partial charge on any atom is -0.489 e. The minimum absolute atomic E-state index is 0.400. The number of hydrogen-bond acceptors (Lipinski definition) is 3. The number of rotatable bonds is 6. The van der Waals surface area contributed by atoms with Crippen molar-refractivity contribution in [3.05, 3.63) is 12.4 Å². The van der Waals surface area contributed by atoms with Gasteiger partial charge < -0.3 is 10.1 Å². The molecule has 0 aliphatic carbocycles. The summed E-state index contributed by atoms with van der Waals surface area (Å²) in [5.41, 5.74) is 0.400. The van der Waals surface area contributed by atoms with Gasteiger partial charge in [0.15, 0.2) is 5.75 Å². The maximum absolute atomic E-state index is 5.51. The molecule has 0 saturated heterocycles. The number of nitrogens with zero attached hydrogens (tertiary/aromatic N) is 2. The van der Waals surface area contributed by atoms with Gasteiger partial charge in [0, 0.05) is 13.6 Å². The second-order valence-electron chi connectivity index (χ2n) is 5.26. The molecule has 4 nitrogen and oxygen atoms in total. The zero-order valence-electron chi connectivity index (χ0n) is 10.8. The van der Waals surface area contributed by atoms with Gasteiger partial charge in [0.2, 0.25) is 0 Å². The predicted molar refractivity (Wildman–Crippen MR) is 65.6 cm³/mol. The first-order chi connectivity index (χ1) is 7.47. The molecule has 0 saturated carbocycles. The van der Waals surface area contributed by atoms with Crippen molar-refractivity contribution in [1.29, 1.82) is 0 Å². The maximum atomic E-state index is 5.51. The molecule has 0 fully saturated rings. The van der Waals surface area contributed by atoms with E-state index < -0.39 is 0 Å². The maximum Gasteiger partial charge on any atom is 0.157 e. The topological polar surface area (TPSA) is 39.1 Å². The fourth-order valence-corrected chi connectivity index (χ4v) is 1.30. The molecule has 92 valence electrons. The van der Waals surface area contributed by atoms with Crippen molar-refractivity contribution in [1.82, 2.24) is 15.1 Å². The van der Waals surface area contributed by atoms with Crippen molar-refractivity contribution in [2.45, 2.75) is 27.2 Å². The Kier molecular flexibility index (Phi) is 4.80. The zero-order valence-corrected chi connectivity index (χ0v) is 10.8. The Morgan fingerprint density at radius 2 is 2.12 bits per heavy atom. The molecular formula is C12H23N3O. The smallest absolute Gasteiger partial charge is 0.157 e. The number of aromatic nitrogens is 2. The Balaban J connectivity index is 2.00. The first kappa shape index (κ1) is 13.0. The van der Waals surface area contributed by atoms with Crippen LogP contribution in [0.2, 0.25) is 0 Å². The Bertz CT molecular complexity index is 301. The van der Waals surface area contributed by atoms with Crippen LogP contribution in [0.4, 0.5) is 0 Å². The second-order valence-corrected chi connectivity index (χ2v) is 5.26. The zero-order chi connectivity index (χ0) is 12.0. The number of hydrogen-bond donors (Lipinski definition) is 1. The molecule has 0 unspecified atom stereocenters. The summed E-state index contributed by atoms with van der Waals surface area (Å²) < 4.78 is 7.25. The van der Waals surface area contributed by atoms with Crippen molar-refractivity contribution in [2.75, 3.05) is 19.7 Å². The molecule has 1 N–H and O–H groups in total. The molecule has 0 spiro atoms. The fourth-order valence-electron chi connectivity index (χ4n) is 1.30. The highest BCUT2D eigenvalue weighted by Gasteiger charge is 2.08. The van der Waals surface area contributed by atoms with Crippen LogP contribution in [0.15, 0.2) is 12.4 Å². The molecule has 1 aromatic heterocycles. The van der Waals surface area contributed by atoms with Crippen LogP contribution in [-0.4, -0.2) is 29.5 Å². The van der Waals surface area contributed by atoms with Gasteiger partial charge in [-0.25, -0.2) is 0 Å². The van der Waals surface area contributed by atoms with Gasteiger partial charge in [0.05, 0.1) is 12.4 Å². The predicted octanol–water partition coefficient (Wildman–Crippen LogP) is 1.82. The third kappa shape index (κ3) is 5.75. The van der Waals surface area contributed by atoms with Gasteiger partial charge in [-0.1, -0.05) is 20.8 Å². The van der Waals surface area contributed by atoms with Crippen molar-refractivity contribution >= 4 is 0 Å². The van der Waals surface area contributed by atoms with Crippen molar-refractivity contribution in [3.63, 3.8) is 0 Å². The van der Waals surface area contributed by atoms with Gasteiger partial charge in [0.25, 0.3) is 0 Å². The highest BCUT2D eigenvalue weighted by molar-refractivity contribution is 5.11. The first-order valence-corrected chi connectivity index (χ1v) is 5.79. The molecule has 0 aromatic carbocycles. The molecule has 0 radical (unpaired) electrons. The van der Waals surface area contributed by atoms with Gasteiger partial charge >= 0.3 is 0 Å². The third-order valence-corrected chi connectivity index (χ3v) is 2.28. The van der Waals surface area contributed by atoms with E-state index in [0.29, 0.717) is 12.0 Å². The lowest BCUT2D eigenvalue weighted by atomic mass is 9.92. The SMILES string of the molecule is Cn1cc(OCCNCCC(C)(C)C)cn1. The summed E-state index contributed by atoms with van der Waals surface area (Å²) in [5, 5.41) is 7.40. The van der Waals surface area contributed by atoms with Gasteiger partial charge in [-0.3, -0.25) is 4.68 Å². The molecule has 4 heteroatoms. The molecule has 0 aliphatic rings. The lowest BCUT2D eigenvalue weighted by Gasteiger charge is -2.17. The number of nitrogens with one attached hydrogen (secondary N) is 1. The standard InChI is InChI=1S/C12H23N3O/c1-12(2,3)5-6-13-7-8-16-11-9-14-15(4)10-11/h9-10,13H,5-8H2,1-4H3. The largest absolute Gasteiger partial charge is 0.489 e. The van der Waals surface area contributed by atoms with E-state index in [9.17, 15) is 0 Å². The summed E-state index contributed by atoms with van der Waals surface area (Å²) >= 11 is 0. The monoisotopic (exact) mass is 225 g/mol. The van der Waals surface area contributed by atoms with Crippen molar-refractivity contribution < 1.29 is 4.74 Å². The van der Waals surface area contributed by atoms with E-state index in [0.717, 1.165) is 18.8 Å². The average molecular weight is 225 g/mol. The first-order valence-electron chi connectivity index (χ1n) is 5.79. The quantitative estimate of drug-likeness (QED) is 0.751. The van der Waals surface area contributed by atoms with E-state index >= 15 is 0 Å². The Morgan fingerprint density at radius 1 is 1.38 bits per heavy atom. The fraction of sp³-hybridized carbons (Fsp3) is 0.750. The molecule has 0 amide bonds. The van der Waals surface area contributed by atoms with Gasteiger partial charge in [-0.05, 0) is 18.4 Å². The van der Waals surface area contributed by atoms with Crippen LogP contribution >= 0.6 is 0 Å². The number of aryl methyl sites for hydroxylation is 1. The van der Waals surface area contributed by atoms with E-state index in [1.807, 2.05) is 13.2 Å². The number of ether oxygens (including phenoxy) is 1. The van der Waals surface area contributed by atoms with Gasteiger partial charge in [-0.2, -0.15) is 5.10 Å². The summed E-state index contributed by atoms with van der Waals surface area (Å²) in [7, 11) is 1.88. The Hall–Kier alpha value is -1.03. The summed E-state index contributed by atoms with van der Waals surface area (Å²) in [5.74, 6) is 0.833. The van der Waals surface area contributed by atoms with E-state index in [1.54, 1.807) is 10.9 Å². The third-order valence-electron chi connectivity index (χ3n) is 2.28. The second kappa shape index (κ2) is 5.89. The van der Waals surface area contributed by atoms with Crippen LogP contribution in [0, 0.1) is 5.41 Å². The van der Waals surface area contributed by atoms with E-state index in [2.05, 4.69) is 31.2 Å². The highest BCUT2D eigenvalue weighted by Crippen LogP contribution is 2.16. The van der Waals surface area contributed by atoms with E-state index in [4.69, 9.17) is 4.74 Å². The lowest BCUT2D eigenvalue weighted by Crippen LogP contribution is -2.25. The van der Waals surface area contributed by atoms with Crippen LogP contribution in [0.1, 0.15) is 27.2 Å². The van der Waals surface area contributed by atoms with E-state index in [1.165, 1.54) is 6.42 Å². The highest BCUT2D eigenvalue weighted by atomic mass is 16.5. The van der Waals surface area contributed by atoms with Crippen LogP contribution in [-0.2, 0) is 7.05 Å². The molecule has 0 bridgehead atoms. The summed E-state index contributed by atoms with van der Waals surface area (Å²) in [6.45, 7) is 9.36. The summed E-state index contributed by atoms with van der Waals surface area (Å²) in [4.78, 5) is 0. The summed E-state index contributed by atoms with van der Waals surface area (Å²) in [6, 6.07) is 0. The van der Waals surface area contributed by atoms with E-state index in [-0.39, 0.29) is 0 Å². The molecule has 1 heterocycles. The minimum atomic E-state index is 0.400. The molecule has 1 rings (SSSR count). The molecule has 0 aliphatic heterocycles. The van der Waals surface area contributed by atoms with Crippen LogP contribution < -0.4 is 10.1 Å². The van der Waals surface area contributed by atoms with Gasteiger partial charge in [0.1, 0.15) is 6.61 Å². The van der Waals surface area contributed by atoms with Crippen molar-refractivity contribution in [3.8, 4) is 5.75 Å². The Labute approximate surface area is 98.0 Å². The van der Waals surface area contributed by atoms with Crippen molar-refractivity contribution in [2.24, 2.45) is 12.5 Å². The Morgan fingerprint density at radius 3 is 2.69 bits per heavy atom. The molecule has 0 atom stereocenters. The normalized spacial score (nSPS) is 11.8.